The van der Waals surface area contributed by atoms with Gasteiger partial charge in [-0.3, -0.25) is 4.79 Å². The summed E-state index contributed by atoms with van der Waals surface area (Å²) in [5, 5.41) is 3.44. The van der Waals surface area contributed by atoms with E-state index < -0.39 is 0 Å². The van der Waals surface area contributed by atoms with Gasteiger partial charge in [-0.05, 0) is 31.4 Å². The van der Waals surface area contributed by atoms with Gasteiger partial charge in [0.2, 0.25) is 5.91 Å². The molecule has 0 saturated carbocycles. The molecule has 0 radical (unpaired) electrons. The molecule has 6 nitrogen and oxygen atoms in total. The second-order valence-electron chi connectivity index (χ2n) is 6.66. The van der Waals surface area contributed by atoms with Gasteiger partial charge in [0, 0.05) is 53.0 Å². The molecule has 1 saturated heterocycles. The van der Waals surface area contributed by atoms with E-state index in [1.807, 2.05) is 6.07 Å². The van der Waals surface area contributed by atoms with Crippen molar-refractivity contribution in [2.24, 2.45) is 4.99 Å². The lowest BCUT2D eigenvalue weighted by Gasteiger charge is -2.23. The number of nitrogens with one attached hydrogen (secondary N) is 1. The first-order chi connectivity index (χ1) is 12.1. The maximum Gasteiger partial charge on any atom is 0.243 e. The third kappa shape index (κ3) is 7.39. The molecular formula is C19H32IN5O. The summed E-state index contributed by atoms with van der Waals surface area (Å²) in [5.74, 6) is 0.900. The fourth-order valence-corrected chi connectivity index (χ4v) is 2.81. The average Bonchev–Trinajstić information content (AvgIpc) is 3.15. The Morgan fingerprint density at radius 3 is 2.42 bits per heavy atom. The summed E-state index contributed by atoms with van der Waals surface area (Å²) >= 11 is 0. The number of amides is 1. The molecule has 1 amide bonds. The number of carbonyl (C=O) groups is 1. The summed E-state index contributed by atoms with van der Waals surface area (Å²) in [6.07, 6.45) is 3.40. The van der Waals surface area contributed by atoms with E-state index >= 15 is 0 Å². The van der Waals surface area contributed by atoms with Crippen molar-refractivity contribution in [3.63, 3.8) is 0 Å². The van der Waals surface area contributed by atoms with Gasteiger partial charge in [-0.25, -0.2) is 4.99 Å². The Morgan fingerprint density at radius 1 is 1.15 bits per heavy atom. The minimum Gasteiger partial charge on any atom is -0.375 e. The van der Waals surface area contributed by atoms with E-state index in [-0.39, 0.29) is 36.4 Å². The van der Waals surface area contributed by atoms with Crippen LogP contribution in [-0.2, 0) is 4.79 Å². The van der Waals surface area contributed by atoms with Crippen LogP contribution in [-0.4, -0.2) is 75.5 Å². The summed E-state index contributed by atoms with van der Waals surface area (Å²) in [5.41, 5.74) is 1.23. The highest BCUT2D eigenvalue weighted by atomic mass is 127. The second kappa shape index (κ2) is 12.0. The zero-order chi connectivity index (χ0) is 18.1. The number of anilines is 1. The molecule has 2 rings (SSSR count). The summed E-state index contributed by atoms with van der Waals surface area (Å²) in [7, 11) is 5.64. The maximum absolute atomic E-state index is 11.8. The molecule has 0 atom stereocenters. The van der Waals surface area contributed by atoms with Crippen molar-refractivity contribution < 1.29 is 4.79 Å². The monoisotopic (exact) mass is 473 g/mol. The third-order valence-electron chi connectivity index (χ3n) is 4.42. The zero-order valence-corrected chi connectivity index (χ0v) is 18.5. The van der Waals surface area contributed by atoms with Crippen molar-refractivity contribution in [3.8, 4) is 0 Å². The molecule has 1 aliphatic heterocycles. The molecule has 1 aromatic carbocycles. The fourth-order valence-electron chi connectivity index (χ4n) is 2.81. The van der Waals surface area contributed by atoms with E-state index in [1.165, 1.54) is 18.5 Å². The number of aliphatic imine (C=N–C) groups is 1. The number of carbonyl (C=O) groups excluding carboxylic acids is 1. The van der Waals surface area contributed by atoms with Gasteiger partial charge < -0.3 is 20.0 Å². The number of likely N-dealkylation sites (tertiary alicyclic amines) is 1. The number of guanidine groups is 1. The lowest BCUT2D eigenvalue weighted by atomic mass is 10.3. The lowest BCUT2D eigenvalue weighted by Crippen LogP contribution is -2.41. The molecule has 146 valence electrons. The van der Waals surface area contributed by atoms with Crippen molar-refractivity contribution in [1.29, 1.82) is 0 Å². The van der Waals surface area contributed by atoms with Crippen LogP contribution in [0.25, 0.3) is 0 Å². The molecule has 0 aliphatic carbocycles. The van der Waals surface area contributed by atoms with Crippen molar-refractivity contribution >= 4 is 41.5 Å². The Hall–Kier alpha value is -1.51. The molecule has 1 fully saturated rings. The third-order valence-corrected chi connectivity index (χ3v) is 4.42. The van der Waals surface area contributed by atoms with Gasteiger partial charge >= 0.3 is 0 Å². The standard InChI is InChI=1S/C19H31N5O.HI/c1-22(2)18(25)16-21-19(24-14-7-8-15-24)20-12-9-13-23(3)17-10-5-4-6-11-17;/h4-6,10-11H,7-9,12-16H2,1-3H3,(H,20,21);1H. The van der Waals surface area contributed by atoms with Gasteiger partial charge in [-0.15, -0.1) is 24.0 Å². The Morgan fingerprint density at radius 2 is 1.81 bits per heavy atom. The van der Waals surface area contributed by atoms with Crippen LogP contribution in [0, 0.1) is 0 Å². The first-order valence-electron chi connectivity index (χ1n) is 9.07. The number of para-hydroxylation sites is 1. The Bertz CT molecular complexity index is 558. The quantitative estimate of drug-likeness (QED) is 0.286. The second-order valence-corrected chi connectivity index (χ2v) is 6.66. The van der Waals surface area contributed by atoms with E-state index in [9.17, 15) is 4.79 Å². The van der Waals surface area contributed by atoms with Crippen LogP contribution in [0.1, 0.15) is 19.3 Å². The summed E-state index contributed by atoms with van der Waals surface area (Å²) < 4.78 is 0. The molecule has 0 bridgehead atoms. The Balaban J connectivity index is 0.00000338. The predicted octanol–water partition coefficient (Wildman–Crippen LogP) is 2.26. The topological polar surface area (TPSA) is 51.2 Å². The Kier molecular flexibility index (Phi) is 10.4. The van der Waals surface area contributed by atoms with Crippen molar-refractivity contribution in [2.45, 2.75) is 19.3 Å². The lowest BCUT2D eigenvalue weighted by molar-refractivity contribution is -0.127. The average molecular weight is 473 g/mol. The zero-order valence-electron chi connectivity index (χ0n) is 16.1. The molecule has 1 aliphatic rings. The van der Waals surface area contributed by atoms with Gasteiger partial charge in [0.05, 0.1) is 0 Å². The van der Waals surface area contributed by atoms with Crippen LogP contribution in [0.2, 0.25) is 0 Å². The number of hydrogen-bond donors (Lipinski definition) is 1. The first-order valence-corrected chi connectivity index (χ1v) is 9.07. The van der Waals surface area contributed by atoms with Crippen LogP contribution in [0.3, 0.4) is 0 Å². The van der Waals surface area contributed by atoms with Crippen LogP contribution in [0.5, 0.6) is 0 Å². The smallest absolute Gasteiger partial charge is 0.243 e. The Labute approximate surface area is 174 Å². The number of hydrogen-bond acceptors (Lipinski definition) is 3. The molecule has 1 N–H and O–H groups in total. The summed E-state index contributed by atoms with van der Waals surface area (Å²) in [4.78, 5) is 22.4. The minimum absolute atomic E-state index is 0. The van der Waals surface area contributed by atoms with E-state index in [0.717, 1.165) is 38.6 Å². The molecule has 0 spiro atoms. The highest BCUT2D eigenvalue weighted by Crippen LogP contribution is 2.11. The highest BCUT2D eigenvalue weighted by Gasteiger charge is 2.16. The molecule has 26 heavy (non-hydrogen) atoms. The van der Waals surface area contributed by atoms with Gasteiger partial charge in [-0.2, -0.15) is 0 Å². The molecule has 1 aromatic rings. The van der Waals surface area contributed by atoms with E-state index in [0.29, 0.717) is 0 Å². The normalized spacial score (nSPS) is 14.0. The van der Waals surface area contributed by atoms with Crippen LogP contribution >= 0.6 is 24.0 Å². The summed E-state index contributed by atoms with van der Waals surface area (Å²) in [6, 6.07) is 10.4. The van der Waals surface area contributed by atoms with Crippen LogP contribution < -0.4 is 10.2 Å². The first kappa shape index (κ1) is 22.5. The van der Waals surface area contributed by atoms with Gasteiger partial charge in [-0.1, -0.05) is 18.2 Å². The molecule has 1 heterocycles. The van der Waals surface area contributed by atoms with Gasteiger partial charge in [0.1, 0.15) is 6.54 Å². The predicted molar refractivity (Wildman–Crippen MR) is 120 cm³/mol. The number of halogens is 1. The number of likely N-dealkylation sites (N-methyl/N-ethyl adjacent to an activating group) is 1. The van der Waals surface area contributed by atoms with Crippen LogP contribution in [0.4, 0.5) is 5.69 Å². The fraction of sp³-hybridized carbons (Fsp3) is 0.579. The molecular weight excluding hydrogens is 441 g/mol. The van der Waals surface area contributed by atoms with Crippen LogP contribution in [0.15, 0.2) is 35.3 Å². The number of rotatable bonds is 7. The van der Waals surface area contributed by atoms with Crippen molar-refractivity contribution in [3.05, 3.63) is 30.3 Å². The van der Waals surface area contributed by atoms with Gasteiger partial charge in [0.15, 0.2) is 5.96 Å². The number of nitrogens with zero attached hydrogens (tertiary/aromatic N) is 4. The van der Waals surface area contributed by atoms with Crippen molar-refractivity contribution in [2.75, 3.05) is 58.8 Å². The largest absolute Gasteiger partial charge is 0.375 e. The van der Waals surface area contributed by atoms with E-state index in [2.05, 4.69) is 51.4 Å². The molecule has 0 unspecified atom stereocenters. The SMILES string of the molecule is CN(C)C(=O)CN=C(NCCCN(C)c1ccccc1)N1CCCC1.I. The van der Waals surface area contributed by atoms with Crippen molar-refractivity contribution in [1.82, 2.24) is 15.1 Å². The minimum atomic E-state index is 0. The number of benzene rings is 1. The molecule has 7 heteroatoms. The molecule has 0 aromatic heterocycles. The van der Waals surface area contributed by atoms with Gasteiger partial charge in [0.25, 0.3) is 0 Å². The van der Waals surface area contributed by atoms with E-state index in [1.54, 1.807) is 19.0 Å². The maximum atomic E-state index is 11.8. The summed E-state index contributed by atoms with van der Waals surface area (Å²) in [6.45, 7) is 4.07. The van der Waals surface area contributed by atoms with E-state index in [4.69, 9.17) is 0 Å². The highest BCUT2D eigenvalue weighted by molar-refractivity contribution is 14.0.